The predicted octanol–water partition coefficient (Wildman–Crippen LogP) is 3.53. The van der Waals surface area contributed by atoms with Crippen molar-refractivity contribution < 1.29 is 9.59 Å². The number of benzene rings is 1. The standard InChI is InChI=1S/C20H30N2O2/c1-3-15(2)18(22-19(23)17-12-8-5-9-13-17)20(24)21-14-16-10-6-4-7-11-16/h5,8-9,12-13,15-16,18H,3-4,6-7,10-11,14H2,1-2H3,(H,21,24)(H,22,23)/t15-,18-/m1/s1. The van der Waals surface area contributed by atoms with Crippen molar-refractivity contribution in [1.82, 2.24) is 10.6 Å². The van der Waals surface area contributed by atoms with Gasteiger partial charge < -0.3 is 10.6 Å². The maximum Gasteiger partial charge on any atom is 0.251 e. The van der Waals surface area contributed by atoms with Gasteiger partial charge in [0, 0.05) is 12.1 Å². The molecule has 1 fully saturated rings. The van der Waals surface area contributed by atoms with Crippen molar-refractivity contribution in [3.63, 3.8) is 0 Å². The summed E-state index contributed by atoms with van der Waals surface area (Å²) >= 11 is 0. The summed E-state index contributed by atoms with van der Waals surface area (Å²) in [5, 5.41) is 5.99. The molecule has 24 heavy (non-hydrogen) atoms. The van der Waals surface area contributed by atoms with Gasteiger partial charge in [-0.1, -0.05) is 57.7 Å². The van der Waals surface area contributed by atoms with E-state index in [-0.39, 0.29) is 17.7 Å². The summed E-state index contributed by atoms with van der Waals surface area (Å²) in [5.74, 6) is 0.446. The number of hydrogen-bond acceptors (Lipinski definition) is 2. The SMILES string of the molecule is CC[C@@H](C)[C@@H](NC(=O)c1ccccc1)C(=O)NCC1CCCCC1. The van der Waals surface area contributed by atoms with Gasteiger partial charge in [-0.15, -0.1) is 0 Å². The van der Waals surface area contributed by atoms with Gasteiger partial charge in [0.2, 0.25) is 5.91 Å². The van der Waals surface area contributed by atoms with E-state index in [1.54, 1.807) is 12.1 Å². The quantitative estimate of drug-likeness (QED) is 0.803. The summed E-state index contributed by atoms with van der Waals surface area (Å²) in [6.07, 6.45) is 7.08. The van der Waals surface area contributed by atoms with Crippen LogP contribution in [0.5, 0.6) is 0 Å². The molecular formula is C20H30N2O2. The summed E-state index contributed by atoms with van der Waals surface area (Å²) < 4.78 is 0. The maximum atomic E-state index is 12.6. The fourth-order valence-corrected chi connectivity index (χ4v) is 3.26. The van der Waals surface area contributed by atoms with Crippen molar-refractivity contribution >= 4 is 11.8 Å². The number of carbonyl (C=O) groups is 2. The first-order chi connectivity index (χ1) is 11.6. The molecule has 0 bridgehead atoms. The molecule has 1 saturated carbocycles. The van der Waals surface area contributed by atoms with E-state index < -0.39 is 6.04 Å². The molecule has 0 radical (unpaired) electrons. The van der Waals surface area contributed by atoms with Crippen molar-refractivity contribution in [2.24, 2.45) is 11.8 Å². The Morgan fingerprint density at radius 3 is 2.42 bits per heavy atom. The van der Waals surface area contributed by atoms with Crippen LogP contribution in [0.2, 0.25) is 0 Å². The molecule has 1 aliphatic rings. The van der Waals surface area contributed by atoms with Crippen molar-refractivity contribution in [3.8, 4) is 0 Å². The van der Waals surface area contributed by atoms with Crippen molar-refractivity contribution in [3.05, 3.63) is 35.9 Å². The number of rotatable bonds is 7. The molecule has 0 saturated heterocycles. The molecule has 4 nitrogen and oxygen atoms in total. The molecule has 0 aliphatic heterocycles. The minimum absolute atomic E-state index is 0.0563. The zero-order chi connectivity index (χ0) is 17.4. The van der Waals surface area contributed by atoms with E-state index >= 15 is 0 Å². The monoisotopic (exact) mass is 330 g/mol. The van der Waals surface area contributed by atoms with Gasteiger partial charge in [0.25, 0.3) is 5.91 Å². The van der Waals surface area contributed by atoms with Gasteiger partial charge in [0.15, 0.2) is 0 Å². The largest absolute Gasteiger partial charge is 0.354 e. The molecule has 2 rings (SSSR count). The second-order valence-corrected chi connectivity index (χ2v) is 6.95. The number of hydrogen-bond donors (Lipinski definition) is 2. The van der Waals surface area contributed by atoms with E-state index in [2.05, 4.69) is 10.6 Å². The Kier molecular flexibility index (Phi) is 7.29. The molecule has 1 aromatic carbocycles. The van der Waals surface area contributed by atoms with Crippen LogP contribution in [0.3, 0.4) is 0 Å². The lowest BCUT2D eigenvalue weighted by molar-refractivity contribution is -0.124. The summed E-state index contributed by atoms with van der Waals surface area (Å²) in [7, 11) is 0. The highest BCUT2D eigenvalue weighted by Crippen LogP contribution is 2.22. The Labute approximate surface area is 145 Å². The van der Waals surface area contributed by atoms with E-state index in [0.29, 0.717) is 11.5 Å². The summed E-state index contributed by atoms with van der Waals surface area (Å²) in [4.78, 5) is 25.0. The van der Waals surface area contributed by atoms with Gasteiger partial charge in [-0.25, -0.2) is 0 Å². The number of nitrogens with one attached hydrogen (secondary N) is 2. The third kappa shape index (κ3) is 5.36. The van der Waals surface area contributed by atoms with Crippen molar-refractivity contribution in [1.29, 1.82) is 0 Å². The molecule has 2 N–H and O–H groups in total. The lowest BCUT2D eigenvalue weighted by atomic mass is 9.89. The van der Waals surface area contributed by atoms with Gasteiger partial charge in [-0.05, 0) is 36.8 Å². The predicted molar refractivity (Wildman–Crippen MR) is 96.7 cm³/mol. The molecule has 2 amide bonds. The molecule has 1 aromatic rings. The molecule has 0 heterocycles. The van der Waals surface area contributed by atoms with Crippen LogP contribution >= 0.6 is 0 Å². The van der Waals surface area contributed by atoms with Crippen LogP contribution in [0, 0.1) is 11.8 Å². The van der Waals surface area contributed by atoms with Gasteiger partial charge in [0.1, 0.15) is 6.04 Å². The fourth-order valence-electron chi connectivity index (χ4n) is 3.26. The lowest BCUT2D eigenvalue weighted by Crippen LogP contribution is -2.51. The van der Waals surface area contributed by atoms with E-state index in [1.807, 2.05) is 32.0 Å². The molecule has 0 unspecified atom stereocenters. The minimum atomic E-state index is -0.480. The molecule has 4 heteroatoms. The van der Waals surface area contributed by atoms with Crippen molar-refractivity contribution in [2.75, 3.05) is 6.54 Å². The molecule has 0 aromatic heterocycles. The zero-order valence-corrected chi connectivity index (χ0v) is 14.9. The first-order valence-electron chi connectivity index (χ1n) is 9.25. The highest BCUT2D eigenvalue weighted by Gasteiger charge is 2.26. The van der Waals surface area contributed by atoms with Gasteiger partial charge in [-0.2, -0.15) is 0 Å². The van der Waals surface area contributed by atoms with E-state index in [1.165, 1.54) is 32.1 Å². The number of carbonyl (C=O) groups excluding carboxylic acids is 2. The van der Waals surface area contributed by atoms with E-state index in [9.17, 15) is 9.59 Å². The summed E-state index contributed by atoms with van der Waals surface area (Å²) in [6.45, 7) is 4.78. The number of amides is 2. The highest BCUT2D eigenvalue weighted by atomic mass is 16.2. The Bertz CT molecular complexity index is 524. The Hall–Kier alpha value is -1.84. The second kappa shape index (κ2) is 9.45. The van der Waals surface area contributed by atoms with Crippen LogP contribution in [0.15, 0.2) is 30.3 Å². The Morgan fingerprint density at radius 1 is 1.12 bits per heavy atom. The topological polar surface area (TPSA) is 58.2 Å². The Morgan fingerprint density at radius 2 is 1.79 bits per heavy atom. The molecule has 1 aliphatic carbocycles. The van der Waals surface area contributed by atoms with E-state index in [0.717, 1.165) is 13.0 Å². The van der Waals surface area contributed by atoms with Crippen molar-refractivity contribution in [2.45, 2.75) is 58.4 Å². The van der Waals surface area contributed by atoms with Gasteiger partial charge in [-0.3, -0.25) is 9.59 Å². The molecule has 132 valence electrons. The molecule has 0 spiro atoms. The van der Waals surface area contributed by atoms with Crippen LogP contribution in [0.25, 0.3) is 0 Å². The maximum absolute atomic E-state index is 12.6. The third-order valence-electron chi connectivity index (χ3n) is 5.11. The summed E-state index contributed by atoms with van der Waals surface area (Å²) in [6, 6.07) is 8.59. The van der Waals surface area contributed by atoms with Crippen LogP contribution in [0.1, 0.15) is 62.7 Å². The third-order valence-corrected chi connectivity index (χ3v) is 5.11. The van der Waals surface area contributed by atoms with E-state index in [4.69, 9.17) is 0 Å². The van der Waals surface area contributed by atoms with Gasteiger partial charge in [0.05, 0.1) is 0 Å². The first-order valence-corrected chi connectivity index (χ1v) is 9.25. The average Bonchev–Trinajstić information content (AvgIpc) is 2.65. The van der Waals surface area contributed by atoms with Crippen LogP contribution in [-0.2, 0) is 4.79 Å². The fraction of sp³-hybridized carbons (Fsp3) is 0.600. The minimum Gasteiger partial charge on any atom is -0.354 e. The normalized spacial score (nSPS) is 17.8. The smallest absolute Gasteiger partial charge is 0.251 e. The van der Waals surface area contributed by atoms with Gasteiger partial charge >= 0.3 is 0 Å². The zero-order valence-electron chi connectivity index (χ0n) is 14.9. The van der Waals surface area contributed by atoms with Crippen LogP contribution < -0.4 is 10.6 Å². The lowest BCUT2D eigenvalue weighted by Gasteiger charge is -2.26. The molecule has 2 atom stereocenters. The van der Waals surface area contributed by atoms with Crippen LogP contribution in [-0.4, -0.2) is 24.4 Å². The van der Waals surface area contributed by atoms with Crippen LogP contribution in [0.4, 0.5) is 0 Å². The second-order valence-electron chi connectivity index (χ2n) is 6.95. The summed E-state index contributed by atoms with van der Waals surface area (Å²) in [5.41, 5.74) is 0.589. The Balaban J connectivity index is 1.93. The average molecular weight is 330 g/mol. The highest BCUT2D eigenvalue weighted by molar-refractivity contribution is 5.97. The molecular weight excluding hydrogens is 300 g/mol. The first kappa shape index (κ1) is 18.5.